The Morgan fingerprint density at radius 3 is 2.59 bits per heavy atom. The number of carbonyl (C=O) groups excluding carboxylic acids is 1. The summed E-state index contributed by atoms with van der Waals surface area (Å²) in [5.41, 5.74) is 0.606. The third kappa shape index (κ3) is 4.71. The predicted octanol–water partition coefficient (Wildman–Crippen LogP) is 4.42. The Hall–Kier alpha value is -2.99. The number of halogens is 1. The summed E-state index contributed by atoms with van der Waals surface area (Å²) in [6.07, 6.45) is 0.791. The number of nitrogens with one attached hydrogen (secondary N) is 1. The molecule has 0 saturated carbocycles. The van der Waals surface area contributed by atoms with Crippen LogP contribution in [0.25, 0.3) is 22.3 Å². The molecule has 2 aromatic carbocycles. The summed E-state index contributed by atoms with van der Waals surface area (Å²) in [5, 5.41) is 3.50. The summed E-state index contributed by atoms with van der Waals surface area (Å²) >= 11 is 6.03. The molecule has 0 fully saturated rings. The van der Waals surface area contributed by atoms with Crippen molar-refractivity contribution in [2.45, 2.75) is 26.3 Å². The first-order valence-corrected chi connectivity index (χ1v) is 9.63. The lowest BCUT2D eigenvalue weighted by molar-refractivity contribution is -0.123. The molecule has 0 aliphatic heterocycles. The van der Waals surface area contributed by atoms with Crippen LogP contribution >= 0.6 is 11.6 Å². The van der Waals surface area contributed by atoms with Crippen LogP contribution in [-0.2, 0) is 4.79 Å². The molecule has 7 heteroatoms. The highest BCUT2D eigenvalue weighted by Crippen LogP contribution is 2.32. The van der Waals surface area contributed by atoms with Crippen LogP contribution < -0.4 is 20.2 Å². The number of benzene rings is 2. The van der Waals surface area contributed by atoms with Crippen LogP contribution in [0.1, 0.15) is 20.3 Å². The quantitative estimate of drug-likeness (QED) is 0.618. The van der Waals surface area contributed by atoms with E-state index >= 15 is 0 Å². The number of carbonyl (C=O) groups is 1. The molecule has 152 valence electrons. The van der Waals surface area contributed by atoms with Crippen LogP contribution in [0, 0.1) is 0 Å². The van der Waals surface area contributed by atoms with E-state index in [0.29, 0.717) is 21.9 Å². The standard InChI is InChI=1S/C22H22ClNO5/c1-4-13(2)24-19(25)12-28-22-20(26)17-11-15(23)7-10-18(17)29-21(22)14-5-8-16(27-3)9-6-14/h5-11,13H,4,12H2,1-3H3,(H,24,25)/t13-/m0/s1. The maximum atomic E-state index is 13.1. The maximum absolute atomic E-state index is 13.1. The van der Waals surface area contributed by atoms with E-state index in [1.54, 1.807) is 43.5 Å². The average molecular weight is 416 g/mol. The van der Waals surface area contributed by atoms with Crippen LogP contribution in [0.15, 0.2) is 51.7 Å². The highest BCUT2D eigenvalue weighted by molar-refractivity contribution is 6.31. The molecule has 1 amide bonds. The zero-order chi connectivity index (χ0) is 21.0. The van der Waals surface area contributed by atoms with Crippen molar-refractivity contribution in [2.24, 2.45) is 0 Å². The van der Waals surface area contributed by atoms with Crippen molar-refractivity contribution in [2.75, 3.05) is 13.7 Å². The fourth-order valence-corrected chi connectivity index (χ4v) is 2.94. The van der Waals surface area contributed by atoms with Crippen molar-refractivity contribution in [1.29, 1.82) is 0 Å². The minimum Gasteiger partial charge on any atom is -0.497 e. The average Bonchev–Trinajstić information content (AvgIpc) is 2.73. The van der Waals surface area contributed by atoms with Crippen molar-refractivity contribution in [1.82, 2.24) is 5.32 Å². The Morgan fingerprint density at radius 2 is 1.93 bits per heavy atom. The minimum atomic E-state index is -0.393. The van der Waals surface area contributed by atoms with E-state index in [4.69, 9.17) is 25.5 Å². The first-order valence-electron chi connectivity index (χ1n) is 9.25. The number of rotatable bonds is 7. The zero-order valence-corrected chi connectivity index (χ0v) is 17.2. The van der Waals surface area contributed by atoms with Gasteiger partial charge in [-0.1, -0.05) is 18.5 Å². The van der Waals surface area contributed by atoms with Gasteiger partial charge in [0, 0.05) is 16.6 Å². The van der Waals surface area contributed by atoms with Crippen molar-refractivity contribution in [3.8, 4) is 22.8 Å². The fourth-order valence-electron chi connectivity index (χ4n) is 2.77. The van der Waals surface area contributed by atoms with E-state index in [2.05, 4.69) is 5.32 Å². The smallest absolute Gasteiger partial charge is 0.258 e. The summed E-state index contributed by atoms with van der Waals surface area (Å²) < 4.78 is 16.8. The molecule has 3 rings (SSSR count). The number of ether oxygens (including phenoxy) is 2. The van der Waals surface area contributed by atoms with Gasteiger partial charge >= 0.3 is 0 Å². The molecule has 0 saturated heterocycles. The van der Waals surface area contributed by atoms with Gasteiger partial charge in [0.25, 0.3) is 5.91 Å². The molecule has 0 aliphatic rings. The largest absolute Gasteiger partial charge is 0.497 e. The number of methoxy groups -OCH3 is 1. The molecule has 1 aromatic heterocycles. The zero-order valence-electron chi connectivity index (χ0n) is 16.5. The van der Waals surface area contributed by atoms with E-state index in [1.807, 2.05) is 13.8 Å². The van der Waals surface area contributed by atoms with E-state index < -0.39 is 5.43 Å². The second kappa shape index (κ2) is 9.01. The molecule has 0 unspecified atom stereocenters. The Bertz CT molecular complexity index is 1070. The summed E-state index contributed by atoms with van der Waals surface area (Å²) in [5.74, 6) is 0.553. The predicted molar refractivity (Wildman–Crippen MR) is 113 cm³/mol. The van der Waals surface area contributed by atoms with Crippen LogP contribution in [0.4, 0.5) is 0 Å². The van der Waals surface area contributed by atoms with Gasteiger partial charge in [-0.05, 0) is 55.8 Å². The van der Waals surface area contributed by atoms with Gasteiger partial charge in [0.05, 0.1) is 12.5 Å². The Morgan fingerprint density at radius 1 is 1.21 bits per heavy atom. The Labute approximate surface area is 173 Å². The van der Waals surface area contributed by atoms with Gasteiger partial charge in [0.1, 0.15) is 11.3 Å². The summed E-state index contributed by atoms with van der Waals surface area (Å²) in [6.45, 7) is 3.56. The van der Waals surface area contributed by atoms with Crippen LogP contribution in [0.3, 0.4) is 0 Å². The van der Waals surface area contributed by atoms with Crippen molar-refractivity contribution >= 4 is 28.5 Å². The normalized spacial score (nSPS) is 11.9. The summed E-state index contributed by atoms with van der Waals surface area (Å²) in [6, 6.07) is 11.8. The lowest BCUT2D eigenvalue weighted by Gasteiger charge is -2.14. The first kappa shape index (κ1) is 20.7. The lowest BCUT2D eigenvalue weighted by atomic mass is 10.1. The number of fused-ring (bicyclic) bond motifs is 1. The van der Waals surface area contributed by atoms with Gasteiger partial charge in [0.2, 0.25) is 11.2 Å². The summed E-state index contributed by atoms with van der Waals surface area (Å²) in [4.78, 5) is 25.2. The Balaban J connectivity index is 2.05. The van der Waals surface area contributed by atoms with E-state index in [-0.39, 0.29) is 35.5 Å². The molecule has 0 bridgehead atoms. The van der Waals surface area contributed by atoms with Crippen LogP contribution in [0.5, 0.6) is 11.5 Å². The maximum Gasteiger partial charge on any atom is 0.258 e. The molecular formula is C22H22ClNO5. The molecule has 6 nitrogen and oxygen atoms in total. The minimum absolute atomic E-state index is 0.0129. The number of hydrogen-bond donors (Lipinski definition) is 1. The van der Waals surface area contributed by atoms with Gasteiger partial charge in [-0.25, -0.2) is 0 Å². The molecule has 0 radical (unpaired) electrons. The van der Waals surface area contributed by atoms with Crippen molar-refractivity contribution in [3.05, 3.63) is 57.7 Å². The monoisotopic (exact) mass is 415 g/mol. The van der Waals surface area contributed by atoms with E-state index in [0.717, 1.165) is 6.42 Å². The summed E-state index contributed by atoms with van der Waals surface area (Å²) in [7, 11) is 1.57. The molecule has 1 heterocycles. The highest BCUT2D eigenvalue weighted by atomic mass is 35.5. The van der Waals surface area contributed by atoms with E-state index in [1.165, 1.54) is 6.07 Å². The molecule has 3 aromatic rings. The second-order valence-corrected chi connectivity index (χ2v) is 7.06. The van der Waals surface area contributed by atoms with Gasteiger partial charge < -0.3 is 19.2 Å². The van der Waals surface area contributed by atoms with Crippen molar-refractivity contribution < 1.29 is 18.7 Å². The SMILES string of the molecule is CC[C@H](C)NC(=O)COc1c(-c2ccc(OC)cc2)oc2ccc(Cl)cc2c1=O. The van der Waals surface area contributed by atoms with Gasteiger partial charge in [-0.3, -0.25) is 9.59 Å². The van der Waals surface area contributed by atoms with Crippen LogP contribution in [0.2, 0.25) is 5.02 Å². The van der Waals surface area contributed by atoms with E-state index in [9.17, 15) is 9.59 Å². The highest BCUT2D eigenvalue weighted by Gasteiger charge is 2.19. The fraction of sp³-hybridized carbons (Fsp3) is 0.273. The van der Waals surface area contributed by atoms with Gasteiger partial charge in [0.15, 0.2) is 12.4 Å². The molecule has 0 spiro atoms. The van der Waals surface area contributed by atoms with Gasteiger partial charge in [-0.2, -0.15) is 0 Å². The molecule has 1 atom stereocenters. The number of hydrogen-bond acceptors (Lipinski definition) is 5. The second-order valence-electron chi connectivity index (χ2n) is 6.62. The first-order chi connectivity index (χ1) is 13.9. The third-order valence-corrected chi connectivity index (χ3v) is 4.77. The molecule has 0 aliphatic carbocycles. The van der Waals surface area contributed by atoms with Crippen LogP contribution in [-0.4, -0.2) is 25.7 Å². The molecule has 29 heavy (non-hydrogen) atoms. The number of amides is 1. The molecule has 1 N–H and O–H groups in total. The third-order valence-electron chi connectivity index (χ3n) is 4.53. The van der Waals surface area contributed by atoms with Gasteiger partial charge in [-0.15, -0.1) is 0 Å². The molecular weight excluding hydrogens is 394 g/mol. The Kier molecular flexibility index (Phi) is 6.44. The van der Waals surface area contributed by atoms with Crippen molar-refractivity contribution in [3.63, 3.8) is 0 Å². The topological polar surface area (TPSA) is 77.8 Å². The lowest BCUT2D eigenvalue weighted by Crippen LogP contribution is -2.36.